The van der Waals surface area contributed by atoms with Crippen LogP contribution in [0.25, 0.3) is 0 Å². The third-order valence-corrected chi connectivity index (χ3v) is 4.60. The number of rotatable bonds is 4. The van der Waals surface area contributed by atoms with Crippen LogP contribution in [0.1, 0.15) is 19.3 Å². The fourth-order valence-corrected chi connectivity index (χ4v) is 3.39. The molecule has 19 heavy (non-hydrogen) atoms. The average molecular weight is 266 g/mol. The third kappa shape index (κ3) is 2.14. The van der Waals surface area contributed by atoms with Gasteiger partial charge >= 0.3 is 0 Å². The number of quaternary nitrogens is 1. The molecular formula is C13H24N5O+. The largest absolute Gasteiger partial charge is 0.391 e. The van der Waals surface area contributed by atoms with Crippen LogP contribution in [-0.4, -0.2) is 47.1 Å². The van der Waals surface area contributed by atoms with Gasteiger partial charge in [-0.1, -0.05) is 0 Å². The van der Waals surface area contributed by atoms with E-state index in [0.717, 1.165) is 42.9 Å². The summed E-state index contributed by atoms with van der Waals surface area (Å²) in [5.41, 5.74) is 6.26. The fraction of sp³-hybridized carbons (Fsp3) is 0.769. The van der Waals surface area contributed by atoms with E-state index in [1.54, 1.807) is 4.68 Å². The minimum Gasteiger partial charge on any atom is -0.391 e. The highest BCUT2D eigenvalue weighted by Crippen LogP contribution is 2.21. The van der Waals surface area contributed by atoms with Gasteiger partial charge in [0.2, 0.25) is 0 Å². The van der Waals surface area contributed by atoms with Crippen LogP contribution >= 0.6 is 0 Å². The van der Waals surface area contributed by atoms with Crippen molar-refractivity contribution in [1.29, 1.82) is 0 Å². The molecule has 0 spiro atoms. The maximum Gasteiger partial charge on any atom is 0.292 e. The summed E-state index contributed by atoms with van der Waals surface area (Å²) in [6, 6.07) is 0. The van der Waals surface area contributed by atoms with E-state index in [1.807, 2.05) is 4.68 Å². The molecule has 3 N–H and O–H groups in total. The zero-order valence-electron chi connectivity index (χ0n) is 11.7. The normalized spacial score (nSPS) is 20.7. The second kappa shape index (κ2) is 4.59. The zero-order chi connectivity index (χ0) is 13.5. The fourth-order valence-electron chi connectivity index (χ4n) is 3.39. The van der Waals surface area contributed by atoms with Gasteiger partial charge in [-0.15, -0.1) is 0 Å². The summed E-state index contributed by atoms with van der Waals surface area (Å²) in [7, 11) is 2.31. The second-order valence-electron chi connectivity index (χ2n) is 6.09. The van der Waals surface area contributed by atoms with Crippen LogP contribution in [0.5, 0.6) is 0 Å². The van der Waals surface area contributed by atoms with Gasteiger partial charge in [0.05, 0.1) is 33.2 Å². The molecule has 2 aliphatic heterocycles. The van der Waals surface area contributed by atoms with Gasteiger partial charge in [0.25, 0.3) is 5.56 Å². The van der Waals surface area contributed by atoms with E-state index in [1.165, 1.54) is 25.9 Å². The summed E-state index contributed by atoms with van der Waals surface area (Å²) in [5.74, 6) is 0.827. The number of nitrogens with two attached hydrogens (primary N) is 1. The van der Waals surface area contributed by atoms with Crippen molar-refractivity contribution in [3.05, 3.63) is 10.4 Å². The van der Waals surface area contributed by atoms with Crippen molar-refractivity contribution in [3.8, 4) is 0 Å². The highest BCUT2D eigenvalue weighted by atomic mass is 16.1. The lowest BCUT2D eigenvalue weighted by Crippen LogP contribution is -2.44. The van der Waals surface area contributed by atoms with Crippen LogP contribution in [-0.2, 0) is 13.1 Å². The monoisotopic (exact) mass is 266 g/mol. The van der Waals surface area contributed by atoms with Crippen molar-refractivity contribution >= 4 is 11.5 Å². The Bertz CT molecular complexity index is 524. The summed E-state index contributed by atoms with van der Waals surface area (Å²) >= 11 is 0. The number of fused-ring (bicyclic) bond motifs is 1. The van der Waals surface area contributed by atoms with E-state index in [2.05, 4.69) is 12.4 Å². The van der Waals surface area contributed by atoms with Crippen LogP contribution in [0.2, 0.25) is 0 Å². The van der Waals surface area contributed by atoms with Crippen molar-refractivity contribution in [2.45, 2.75) is 32.4 Å². The van der Waals surface area contributed by atoms with Gasteiger partial charge in [-0.05, 0) is 6.42 Å². The molecule has 0 unspecified atom stereocenters. The van der Waals surface area contributed by atoms with Crippen LogP contribution in [0.4, 0.5) is 11.5 Å². The van der Waals surface area contributed by atoms with Gasteiger partial charge in [-0.3, -0.25) is 9.48 Å². The predicted molar refractivity (Wildman–Crippen MR) is 76.2 cm³/mol. The van der Waals surface area contributed by atoms with Crippen LogP contribution < -0.4 is 16.6 Å². The van der Waals surface area contributed by atoms with Crippen molar-refractivity contribution in [2.75, 3.05) is 44.3 Å². The minimum atomic E-state index is -0.0402. The highest BCUT2D eigenvalue weighted by Gasteiger charge is 2.27. The smallest absolute Gasteiger partial charge is 0.292 e. The summed E-state index contributed by atoms with van der Waals surface area (Å²) in [5, 5.41) is 3.39. The summed E-state index contributed by atoms with van der Waals surface area (Å²) in [6.45, 7) is 6.19. The maximum atomic E-state index is 11.9. The Labute approximate surface area is 113 Å². The summed E-state index contributed by atoms with van der Waals surface area (Å²) in [6.07, 6.45) is 3.69. The molecule has 0 atom stereocenters. The SMILES string of the molecule is C[N+]1(CCNc2c(N)c(=O)n3n2CCC3)CCCC1. The lowest BCUT2D eigenvalue weighted by Gasteiger charge is -2.29. The Kier molecular flexibility index (Phi) is 3.05. The molecule has 2 aliphatic rings. The Balaban J connectivity index is 1.68. The van der Waals surface area contributed by atoms with E-state index in [9.17, 15) is 4.79 Å². The molecule has 0 amide bonds. The van der Waals surface area contributed by atoms with Crippen LogP contribution in [0.15, 0.2) is 4.79 Å². The average Bonchev–Trinajstić information content (AvgIpc) is 3.06. The molecule has 0 bridgehead atoms. The minimum absolute atomic E-state index is 0.0402. The van der Waals surface area contributed by atoms with E-state index >= 15 is 0 Å². The van der Waals surface area contributed by atoms with E-state index < -0.39 is 0 Å². The molecule has 3 heterocycles. The summed E-state index contributed by atoms with van der Waals surface area (Å²) < 4.78 is 4.89. The molecule has 1 aromatic rings. The van der Waals surface area contributed by atoms with Gasteiger partial charge < -0.3 is 15.5 Å². The standard InChI is InChI=1S/C13H23N5O/c1-18(8-2-3-9-18)10-5-15-12-11(14)13(19)17-7-4-6-16(12)17/h2-10,14H2,1H3/p+1. The molecular weight excluding hydrogens is 242 g/mol. The first-order chi connectivity index (χ1) is 9.11. The van der Waals surface area contributed by atoms with Crippen molar-refractivity contribution < 1.29 is 4.48 Å². The molecule has 1 aromatic heterocycles. The van der Waals surface area contributed by atoms with Crippen molar-refractivity contribution in [3.63, 3.8) is 0 Å². The van der Waals surface area contributed by atoms with Gasteiger partial charge in [0.15, 0.2) is 5.82 Å². The molecule has 106 valence electrons. The first-order valence-electron chi connectivity index (χ1n) is 7.27. The van der Waals surface area contributed by atoms with Gasteiger partial charge in [-0.2, -0.15) is 0 Å². The number of aromatic nitrogens is 2. The number of anilines is 2. The number of nitrogens with zero attached hydrogens (tertiary/aromatic N) is 3. The number of likely N-dealkylation sites (N-methyl/N-ethyl adjacent to an activating group) is 1. The number of hydrogen-bond acceptors (Lipinski definition) is 3. The number of nitrogens with one attached hydrogen (secondary N) is 1. The first kappa shape index (κ1) is 12.6. The van der Waals surface area contributed by atoms with Gasteiger partial charge in [0, 0.05) is 25.9 Å². The molecule has 3 rings (SSSR count). The lowest BCUT2D eigenvalue weighted by atomic mass is 10.4. The number of nitrogen functional groups attached to an aromatic ring is 1. The number of likely N-dealkylation sites (tertiary alicyclic amines) is 1. The predicted octanol–water partition coefficient (Wildman–Crippen LogP) is 0.288. The summed E-state index contributed by atoms with van der Waals surface area (Å²) in [4.78, 5) is 11.9. The second-order valence-corrected chi connectivity index (χ2v) is 6.09. The van der Waals surface area contributed by atoms with Crippen molar-refractivity contribution in [1.82, 2.24) is 9.36 Å². The third-order valence-electron chi connectivity index (χ3n) is 4.60. The van der Waals surface area contributed by atoms with Crippen LogP contribution in [0.3, 0.4) is 0 Å². The molecule has 0 radical (unpaired) electrons. The molecule has 6 heteroatoms. The zero-order valence-corrected chi connectivity index (χ0v) is 11.7. The Morgan fingerprint density at radius 3 is 2.63 bits per heavy atom. The van der Waals surface area contributed by atoms with E-state index in [-0.39, 0.29) is 5.56 Å². The Morgan fingerprint density at radius 2 is 1.89 bits per heavy atom. The lowest BCUT2D eigenvalue weighted by molar-refractivity contribution is -0.895. The molecule has 1 saturated heterocycles. The Morgan fingerprint density at radius 1 is 1.21 bits per heavy atom. The molecule has 6 nitrogen and oxygen atoms in total. The molecule has 1 fully saturated rings. The Hall–Kier alpha value is -1.43. The quantitative estimate of drug-likeness (QED) is 0.770. The van der Waals surface area contributed by atoms with Crippen LogP contribution in [0, 0.1) is 0 Å². The molecule has 0 aromatic carbocycles. The highest BCUT2D eigenvalue weighted by molar-refractivity contribution is 5.61. The number of hydrogen-bond donors (Lipinski definition) is 2. The first-order valence-corrected chi connectivity index (χ1v) is 7.27. The maximum absolute atomic E-state index is 11.9. The topological polar surface area (TPSA) is 65.0 Å². The van der Waals surface area contributed by atoms with Gasteiger partial charge in [0.1, 0.15) is 5.69 Å². The van der Waals surface area contributed by atoms with E-state index in [0.29, 0.717) is 5.69 Å². The van der Waals surface area contributed by atoms with E-state index in [4.69, 9.17) is 5.73 Å². The molecule has 0 saturated carbocycles. The molecule has 0 aliphatic carbocycles. The van der Waals surface area contributed by atoms with Gasteiger partial charge in [-0.25, -0.2) is 4.68 Å². The van der Waals surface area contributed by atoms with Crippen molar-refractivity contribution in [2.24, 2.45) is 0 Å².